The van der Waals surface area contributed by atoms with Gasteiger partial charge in [0.25, 0.3) is 0 Å². The number of nitrogens with zero attached hydrogens (tertiary/aromatic N) is 3. The average Bonchev–Trinajstić information content (AvgIpc) is 2.54. The lowest BCUT2D eigenvalue weighted by molar-refractivity contribution is -0.127. The highest BCUT2D eigenvalue weighted by atomic mass is 32.2. The van der Waals surface area contributed by atoms with Gasteiger partial charge in [-0.1, -0.05) is 13.0 Å². The minimum absolute atomic E-state index is 0.0955. The molecule has 0 aliphatic heterocycles. The van der Waals surface area contributed by atoms with Gasteiger partial charge in [-0.2, -0.15) is 0 Å². The molecular formula is C16H19N3OS. The summed E-state index contributed by atoms with van der Waals surface area (Å²) in [5.74, 6) is 0.520. The van der Waals surface area contributed by atoms with Crippen LogP contribution in [0, 0.1) is 0 Å². The van der Waals surface area contributed by atoms with Crippen LogP contribution in [-0.2, 0) is 17.8 Å². The normalized spacial score (nSPS) is 10.4. The molecule has 0 bridgehead atoms. The van der Waals surface area contributed by atoms with Crippen LogP contribution in [0.1, 0.15) is 18.2 Å². The van der Waals surface area contributed by atoms with Crippen LogP contribution in [0.2, 0.25) is 0 Å². The van der Waals surface area contributed by atoms with Crippen molar-refractivity contribution in [2.45, 2.75) is 24.8 Å². The summed E-state index contributed by atoms with van der Waals surface area (Å²) in [6.07, 6.45) is 6.31. The largest absolute Gasteiger partial charge is 0.339 e. The van der Waals surface area contributed by atoms with E-state index < -0.39 is 0 Å². The molecule has 0 aliphatic carbocycles. The van der Waals surface area contributed by atoms with E-state index in [1.807, 2.05) is 31.4 Å². The van der Waals surface area contributed by atoms with Gasteiger partial charge in [0.1, 0.15) is 0 Å². The molecule has 0 N–H and O–H groups in total. The van der Waals surface area contributed by atoms with Gasteiger partial charge in [-0.05, 0) is 30.2 Å². The number of pyridine rings is 2. The highest BCUT2D eigenvalue weighted by molar-refractivity contribution is 8.00. The van der Waals surface area contributed by atoms with Crippen molar-refractivity contribution < 1.29 is 4.79 Å². The molecule has 2 aromatic heterocycles. The molecule has 1 amide bonds. The number of carbonyl (C=O) groups is 1. The molecule has 0 spiro atoms. The Bertz CT molecular complexity index is 572. The monoisotopic (exact) mass is 301 g/mol. The Morgan fingerprint density at radius 1 is 1.24 bits per heavy atom. The Balaban J connectivity index is 1.84. The Morgan fingerprint density at radius 3 is 2.62 bits per heavy atom. The molecule has 2 heterocycles. The molecule has 0 radical (unpaired) electrons. The molecule has 21 heavy (non-hydrogen) atoms. The van der Waals surface area contributed by atoms with Gasteiger partial charge in [0, 0.05) is 30.5 Å². The maximum atomic E-state index is 12.1. The standard InChI is InChI=1S/C16H19N3OS/c1-3-13-4-5-14(18-10-13)11-19(2)16(20)12-21-15-6-8-17-9-7-15/h4-10H,3,11-12H2,1-2H3. The zero-order valence-electron chi connectivity index (χ0n) is 12.3. The summed E-state index contributed by atoms with van der Waals surface area (Å²) in [4.78, 5) is 23.2. The van der Waals surface area contributed by atoms with Crippen molar-refractivity contribution in [2.75, 3.05) is 12.8 Å². The fourth-order valence-corrected chi connectivity index (χ4v) is 2.60. The second-order valence-corrected chi connectivity index (χ2v) is 5.78. The number of carbonyl (C=O) groups excluding carboxylic acids is 1. The third-order valence-corrected chi connectivity index (χ3v) is 4.13. The van der Waals surface area contributed by atoms with Crippen LogP contribution in [0.15, 0.2) is 47.8 Å². The lowest BCUT2D eigenvalue weighted by atomic mass is 10.2. The van der Waals surface area contributed by atoms with Gasteiger partial charge < -0.3 is 4.90 Å². The van der Waals surface area contributed by atoms with Gasteiger partial charge in [-0.25, -0.2) is 0 Å². The summed E-state index contributed by atoms with van der Waals surface area (Å²) in [6, 6.07) is 7.86. The van der Waals surface area contributed by atoms with E-state index in [0.29, 0.717) is 12.3 Å². The van der Waals surface area contributed by atoms with E-state index in [4.69, 9.17) is 0 Å². The summed E-state index contributed by atoms with van der Waals surface area (Å²) in [7, 11) is 1.81. The van der Waals surface area contributed by atoms with Gasteiger partial charge in [0.05, 0.1) is 18.0 Å². The molecule has 0 atom stereocenters. The molecule has 0 saturated carbocycles. The zero-order valence-corrected chi connectivity index (χ0v) is 13.1. The molecule has 0 aliphatic rings. The van der Waals surface area contributed by atoms with Crippen LogP contribution in [0.5, 0.6) is 0 Å². The summed E-state index contributed by atoms with van der Waals surface area (Å²) in [5, 5.41) is 0. The summed E-state index contributed by atoms with van der Waals surface area (Å²) < 4.78 is 0. The highest BCUT2D eigenvalue weighted by Crippen LogP contribution is 2.16. The molecule has 2 rings (SSSR count). The van der Waals surface area contributed by atoms with E-state index in [9.17, 15) is 4.79 Å². The van der Waals surface area contributed by atoms with Crippen molar-refractivity contribution in [3.05, 3.63) is 54.1 Å². The topological polar surface area (TPSA) is 46.1 Å². The lowest BCUT2D eigenvalue weighted by Gasteiger charge is -2.16. The second kappa shape index (κ2) is 7.78. The van der Waals surface area contributed by atoms with Gasteiger partial charge in [-0.15, -0.1) is 11.8 Å². The van der Waals surface area contributed by atoms with Crippen LogP contribution in [-0.4, -0.2) is 33.6 Å². The number of hydrogen-bond donors (Lipinski definition) is 0. The molecule has 0 unspecified atom stereocenters. The molecule has 110 valence electrons. The molecule has 0 saturated heterocycles. The molecule has 5 heteroatoms. The van der Waals surface area contributed by atoms with Crippen LogP contribution in [0.25, 0.3) is 0 Å². The number of amides is 1. The molecular weight excluding hydrogens is 282 g/mol. The van der Waals surface area contributed by atoms with Crippen molar-refractivity contribution in [3.8, 4) is 0 Å². The number of aromatic nitrogens is 2. The Kier molecular flexibility index (Phi) is 5.75. The minimum Gasteiger partial charge on any atom is -0.339 e. The van der Waals surface area contributed by atoms with E-state index in [0.717, 1.165) is 17.0 Å². The van der Waals surface area contributed by atoms with Gasteiger partial charge in [0.15, 0.2) is 0 Å². The first kappa shape index (κ1) is 15.5. The molecule has 4 nitrogen and oxygen atoms in total. The van der Waals surface area contributed by atoms with Crippen molar-refractivity contribution in [3.63, 3.8) is 0 Å². The van der Waals surface area contributed by atoms with E-state index in [2.05, 4.69) is 23.0 Å². The molecule has 2 aromatic rings. The third kappa shape index (κ3) is 4.86. The van der Waals surface area contributed by atoms with Crippen LogP contribution < -0.4 is 0 Å². The minimum atomic E-state index is 0.0955. The number of rotatable bonds is 6. The Hall–Kier alpha value is -1.88. The number of thioether (sulfide) groups is 1. The van der Waals surface area contributed by atoms with Crippen LogP contribution in [0.3, 0.4) is 0 Å². The lowest BCUT2D eigenvalue weighted by Crippen LogP contribution is -2.28. The third-order valence-electron chi connectivity index (χ3n) is 3.13. The SMILES string of the molecule is CCc1ccc(CN(C)C(=O)CSc2ccncc2)nc1. The average molecular weight is 301 g/mol. The fourth-order valence-electron chi connectivity index (χ4n) is 1.78. The van der Waals surface area contributed by atoms with E-state index in [-0.39, 0.29) is 5.91 Å². The first-order valence-corrected chi connectivity index (χ1v) is 7.88. The summed E-state index contributed by atoms with van der Waals surface area (Å²) in [5.41, 5.74) is 2.12. The highest BCUT2D eigenvalue weighted by Gasteiger charge is 2.10. The quantitative estimate of drug-likeness (QED) is 0.770. The first-order valence-electron chi connectivity index (χ1n) is 6.89. The van der Waals surface area contributed by atoms with Gasteiger partial charge >= 0.3 is 0 Å². The number of aryl methyl sites for hydroxylation is 1. The maximum absolute atomic E-state index is 12.1. The predicted molar refractivity (Wildman–Crippen MR) is 85.1 cm³/mol. The van der Waals surface area contributed by atoms with Crippen LogP contribution >= 0.6 is 11.8 Å². The maximum Gasteiger partial charge on any atom is 0.233 e. The van der Waals surface area contributed by atoms with E-state index in [1.165, 1.54) is 17.3 Å². The van der Waals surface area contributed by atoms with Gasteiger partial charge in [-0.3, -0.25) is 14.8 Å². The Labute approximate surface area is 129 Å². The van der Waals surface area contributed by atoms with Crippen molar-refractivity contribution in [1.82, 2.24) is 14.9 Å². The van der Waals surface area contributed by atoms with E-state index in [1.54, 1.807) is 17.3 Å². The Morgan fingerprint density at radius 2 is 2.00 bits per heavy atom. The second-order valence-electron chi connectivity index (χ2n) is 4.73. The first-order chi connectivity index (χ1) is 10.2. The van der Waals surface area contributed by atoms with Gasteiger partial charge in [0.2, 0.25) is 5.91 Å². The predicted octanol–water partition coefficient (Wildman–Crippen LogP) is 2.79. The van der Waals surface area contributed by atoms with Crippen LogP contribution in [0.4, 0.5) is 0 Å². The van der Waals surface area contributed by atoms with Crippen molar-refractivity contribution >= 4 is 17.7 Å². The zero-order chi connectivity index (χ0) is 15.1. The summed E-state index contributed by atoms with van der Waals surface area (Å²) >= 11 is 1.52. The number of hydrogen-bond acceptors (Lipinski definition) is 4. The van der Waals surface area contributed by atoms with E-state index >= 15 is 0 Å². The fraction of sp³-hybridized carbons (Fsp3) is 0.312. The van der Waals surface area contributed by atoms with Crippen molar-refractivity contribution in [2.24, 2.45) is 0 Å². The smallest absolute Gasteiger partial charge is 0.233 e. The molecule has 0 fully saturated rings. The van der Waals surface area contributed by atoms with Crippen molar-refractivity contribution in [1.29, 1.82) is 0 Å². The molecule has 0 aromatic carbocycles. The summed E-state index contributed by atoms with van der Waals surface area (Å²) in [6.45, 7) is 2.64.